The van der Waals surface area contributed by atoms with Gasteiger partial charge in [0.05, 0.1) is 61.5 Å². The fourth-order valence-electron chi connectivity index (χ4n) is 9.91. The van der Waals surface area contributed by atoms with Gasteiger partial charge in [0, 0.05) is 32.1 Å². The number of rotatable bonds is 51. The van der Waals surface area contributed by atoms with Crippen LogP contribution in [0, 0.1) is 0 Å². The predicted octanol–water partition coefficient (Wildman–Crippen LogP) is 12.4. The fraction of sp³-hybridized carbons (Fsp3) is 0.965. The lowest BCUT2D eigenvalue weighted by Gasteiger charge is -2.20. The van der Waals surface area contributed by atoms with E-state index in [0.717, 1.165) is 173 Å². The van der Waals surface area contributed by atoms with Crippen molar-refractivity contribution in [2.75, 3.05) is 13.2 Å². The van der Waals surface area contributed by atoms with Gasteiger partial charge in [0.1, 0.15) is 6.61 Å². The van der Waals surface area contributed by atoms with Crippen LogP contribution >= 0.6 is 0 Å². The Kier molecular flexibility index (Phi) is 35.9. The number of aliphatic hydroxyl groups is 4. The second-order valence-electron chi connectivity index (χ2n) is 21.4. The molecule has 3 fully saturated rings. The molecule has 11 unspecified atom stereocenters. The first-order valence-electron chi connectivity index (χ1n) is 29.3. The van der Waals surface area contributed by atoms with Gasteiger partial charge in [0.2, 0.25) is 0 Å². The van der Waals surface area contributed by atoms with E-state index in [1.807, 2.05) is 0 Å². The summed E-state index contributed by atoms with van der Waals surface area (Å²) >= 11 is 0. The van der Waals surface area contributed by atoms with Crippen LogP contribution in [0.3, 0.4) is 0 Å². The third-order valence-electron chi connectivity index (χ3n) is 14.6. The Morgan fingerprint density at radius 2 is 0.754 bits per heavy atom. The summed E-state index contributed by atoms with van der Waals surface area (Å²) in [4.78, 5) is 25.7. The van der Waals surface area contributed by atoms with Crippen LogP contribution in [0.1, 0.15) is 271 Å². The third-order valence-corrected chi connectivity index (χ3v) is 14.6. The molecule has 0 radical (unpaired) electrons. The van der Waals surface area contributed by atoms with Crippen molar-refractivity contribution < 1.29 is 58.4 Å². The number of epoxide rings is 3. The van der Waals surface area contributed by atoms with E-state index in [-0.39, 0.29) is 80.4 Å². The number of carbonyl (C=O) groups is 2. The van der Waals surface area contributed by atoms with Crippen LogP contribution in [-0.2, 0) is 38.0 Å². The van der Waals surface area contributed by atoms with Gasteiger partial charge in [-0.15, -0.1) is 0 Å². The van der Waals surface area contributed by atoms with Gasteiger partial charge in [-0.05, 0) is 64.2 Å². The summed E-state index contributed by atoms with van der Waals surface area (Å²) in [5, 5.41) is 41.6. The molecule has 12 heteroatoms. The van der Waals surface area contributed by atoms with Gasteiger partial charge >= 0.3 is 11.9 Å². The van der Waals surface area contributed by atoms with Crippen LogP contribution in [0.5, 0.6) is 0 Å². The van der Waals surface area contributed by atoms with Crippen molar-refractivity contribution in [1.82, 2.24) is 0 Å². The average molecular weight is 983 g/mol. The number of carbonyl (C=O) groups excluding carboxylic acids is 2. The predicted molar refractivity (Wildman–Crippen MR) is 274 cm³/mol. The number of ether oxygens (including phenoxy) is 6. The summed E-state index contributed by atoms with van der Waals surface area (Å²) in [6.45, 7) is 6.46. The maximum Gasteiger partial charge on any atom is 0.306 e. The van der Waals surface area contributed by atoms with Crippen molar-refractivity contribution in [3.8, 4) is 0 Å². The molecule has 69 heavy (non-hydrogen) atoms. The van der Waals surface area contributed by atoms with Crippen LogP contribution in [0.15, 0.2) is 0 Å². The number of esters is 2. The Morgan fingerprint density at radius 1 is 0.406 bits per heavy atom. The number of hydrogen-bond donors (Lipinski definition) is 4. The summed E-state index contributed by atoms with van der Waals surface area (Å²) in [6.07, 6.45) is 37.0. The molecule has 0 spiro atoms. The van der Waals surface area contributed by atoms with Gasteiger partial charge in [-0.3, -0.25) is 9.59 Å². The maximum absolute atomic E-state index is 12.9. The summed E-state index contributed by atoms with van der Waals surface area (Å²) in [5.41, 5.74) is 0. The van der Waals surface area contributed by atoms with Crippen LogP contribution in [0.4, 0.5) is 0 Å². The maximum atomic E-state index is 12.9. The first-order chi connectivity index (χ1) is 33.6. The van der Waals surface area contributed by atoms with E-state index in [9.17, 15) is 30.0 Å². The quantitative estimate of drug-likeness (QED) is 0.0196. The number of hydrogen-bond acceptors (Lipinski definition) is 12. The van der Waals surface area contributed by atoms with Crippen LogP contribution in [0.25, 0.3) is 0 Å². The highest BCUT2D eigenvalue weighted by Crippen LogP contribution is 2.34. The van der Waals surface area contributed by atoms with E-state index in [1.165, 1.54) is 57.8 Å². The Morgan fingerprint density at radius 3 is 1.17 bits per heavy atom. The summed E-state index contributed by atoms with van der Waals surface area (Å²) in [5.74, 6) is -0.667. The van der Waals surface area contributed by atoms with E-state index in [2.05, 4.69) is 20.8 Å². The van der Waals surface area contributed by atoms with E-state index < -0.39 is 12.4 Å². The van der Waals surface area contributed by atoms with Gasteiger partial charge < -0.3 is 48.8 Å². The lowest BCUT2D eigenvalue weighted by atomic mass is 10.0. The first kappa shape index (κ1) is 61.9. The lowest BCUT2D eigenvalue weighted by molar-refractivity contribution is -0.173. The molecule has 3 aliphatic heterocycles. The molecule has 0 aliphatic carbocycles. The molecule has 0 bridgehead atoms. The van der Waals surface area contributed by atoms with Crippen molar-refractivity contribution in [3.63, 3.8) is 0 Å². The topological polar surface area (TPSA) is 180 Å². The Hall–Kier alpha value is -1.38. The molecular formula is C57H106O12. The van der Waals surface area contributed by atoms with Gasteiger partial charge in [-0.1, -0.05) is 175 Å². The standard InChI is InChI=1S/C57H106O12/c1-4-7-10-22-31-45(58)40-52-49(67-52)34-25-16-13-19-28-37-55(61)64-43-48(66-57(63)39-30-21-15-18-27-36-51-54(69-51)42-47(60)33-24-12-9-6-3)44-65-56(62)38-29-20-14-17-26-35-50-53(68-50)41-46(59)32-23-11-8-5-2/h45-55,58-61H,4-44H2,1-3H3. The molecule has 3 heterocycles. The first-order valence-corrected chi connectivity index (χ1v) is 29.3. The van der Waals surface area contributed by atoms with Gasteiger partial charge in [-0.25, -0.2) is 0 Å². The van der Waals surface area contributed by atoms with Gasteiger partial charge in [0.25, 0.3) is 0 Å². The number of unbranched alkanes of at least 4 members (excludes halogenated alkanes) is 21. The van der Waals surface area contributed by atoms with Crippen molar-refractivity contribution in [2.45, 2.75) is 339 Å². The second kappa shape index (κ2) is 40.1. The minimum absolute atomic E-state index is 0.0419. The minimum Gasteiger partial charge on any atom is -0.462 e. The SMILES string of the molecule is CCCCCCC(O)CC1OC1CCCCCCCC(=O)OCC(COC(O)CCCCCCCC1OC1CC(O)CCCCCC)OC(=O)CCCCCCCC1OC1CC(O)CCCCCC. The molecule has 0 saturated carbocycles. The molecule has 3 saturated heterocycles. The molecule has 0 aromatic heterocycles. The monoisotopic (exact) mass is 983 g/mol. The van der Waals surface area contributed by atoms with E-state index in [4.69, 9.17) is 28.4 Å². The Labute approximate surface area is 420 Å². The molecule has 0 amide bonds. The van der Waals surface area contributed by atoms with Crippen molar-refractivity contribution in [2.24, 2.45) is 0 Å². The smallest absolute Gasteiger partial charge is 0.306 e. The minimum atomic E-state index is -0.989. The molecule has 406 valence electrons. The average Bonchev–Trinajstić information content (AvgIpc) is 4.29. The molecule has 0 aromatic carbocycles. The van der Waals surface area contributed by atoms with E-state index >= 15 is 0 Å². The lowest BCUT2D eigenvalue weighted by Crippen LogP contribution is -2.31. The van der Waals surface area contributed by atoms with Crippen molar-refractivity contribution in [1.29, 1.82) is 0 Å². The second-order valence-corrected chi connectivity index (χ2v) is 21.4. The zero-order valence-corrected chi connectivity index (χ0v) is 44.4. The zero-order chi connectivity index (χ0) is 49.7. The summed E-state index contributed by atoms with van der Waals surface area (Å²) in [6, 6.07) is 0. The summed E-state index contributed by atoms with van der Waals surface area (Å²) < 4.78 is 34.5. The van der Waals surface area contributed by atoms with Gasteiger partial charge in [-0.2, -0.15) is 0 Å². The van der Waals surface area contributed by atoms with Gasteiger partial charge in [0.15, 0.2) is 12.4 Å². The van der Waals surface area contributed by atoms with Crippen LogP contribution in [-0.4, -0.2) is 113 Å². The van der Waals surface area contributed by atoms with E-state index in [1.54, 1.807) is 0 Å². The van der Waals surface area contributed by atoms with Crippen LogP contribution < -0.4 is 0 Å². The van der Waals surface area contributed by atoms with Crippen molar-refractivity contribution >= 4 is 11.9 Å². The third kappa shape index (κ3) is 33.9. The molecule has 11 atom stereocenters. The highest BCUT2D eigenvalue weighted by Gasteiger charge is 2.40. The van der Waals surface area contributed by atoms with Crippen molar-refractivity contribution in [3.05, 3.63) is 0 Å². The van der Waals surface area contributed by atoms with Crippen LogP contribution in [0.2, 0.25) is 0 Å². The summed E-state index contributed by atoms with van der Waals surface area (Å²) in [7, 11) is 0. The Bertz CT molecular complexity index is 1240. The molecule has 0 aromatic rings. The van der Waals surface area contributed by atoms with E-state index in [0.29, 0.717) is 18.9 Å². The highest BCUT2D eigenvalue weighted by atomic mass is 16.6. The molecule has 3 rings (SSSR count). The molecular weight excluding hydrogens is 877 g/mol. The molecule has 12 nitrogen and oxygen atoms in total. The normalized spacial score (nSPS) is 22.8. The zero-order valence-electron chi connectivity index (χ0n) is 44.4. The fourth-order valence-corrected chi connectivity index (χ4v) is 9.91. The largest absolute Gasteiger partial charge is 0.462 e. The molecule has 4 N–H and O–H groups in total. The number of aliphatic hydroxyl groups excluding tert-OH is 4. The Balaban J connectivity index is 1.24. The molecule has 3 aliphatic rings. The highest BCUT2D eigenvalue weighted by molar-refractivity contribution is 5.70.